The maximum absolute atomic E-state index is 3.78. The predicted molar refractivity (Wildman–Crippen MR) is 92.8 cm³/mol. The molecule has 0 radical (unpaired) electrons. The number of nitrogens with one attached hydrogen (secondary N) is 1. The van der Waals surface area contributed by atoms with E-state index in [1.807, 2.05) is 0 Å². The van der Waals surface area contributed by atoms with Crippen LogP contribution < -0.4 is 5.32 Å². The predicted octanol–water partition coefficient (Wildman–Crippen LogP) is 5.82. The number of hydrogen-bond donors (Lipinski definition) is 1. The van der Waals surface area contributed by atoms with Gasteiger partial charge >= 0.3 is 0 Å². The van der Waals surface area contributed by atoms with E-state index in [0.29, 0.717) is 12.0 Å². The Morgan fingerprint density at radius 3 is 2.19 bits per heavy atom. The van der Waals surface area contributed by atoms with Crippen molar-refractivity contribution in [2.45, 2.75) is 77.7 Å². The molecule has 1 nitrogen and oxygen atoms in total. The first-order valence-electron chi connectivity index (χ1n) is 9.04. The largest absolute Gasteiger partial charge is 0.310 e. The van der Waals surface area contributed by atoms with Gasteiger partial charge in [-0.1, -0.05) is 77.1 Å². The second-order valence-electron chi connectivity index (χ2n) is 7.07. The summed E-state index contributed by atoms with van der Waals surface area (Å²) in [6.45, 7) is 7.92. The molecule has 1 aromatic carbocycles. The second-order valence-corrected chi connectivity index (χ2v) is 7.07. The Balaban J connectivity index is 2.02. The van der Waals surface area contributed by atoms with E-state index < -0.39 is 0 Å². The summed E-state index contributed by atoms with van der Waals surface area (Å²) in [5.41, 5.74) is 2.93. The van der Waals surface area contributed by atoms with Crippen LogP contribution in [0.5, 0.6) is 0 Å². The van der Waals surface area contributed by atoms with Gasteiger partial charge < -0.3 is 5.32 Å². The average Bonchev–Trinajstić information content (AvgIpc) is 2.52. The van der Waals surface area contributed by atoms with E-state index >= 15 is 0 Å². The molecule has 1 saturated carbocycles. The van der Waals surface area contributed by atoms with Gasteiger partial charge in [-0.15, -0.1) is 0 Å². The van der Waals surface area contributed by atoms with Crippen molar-refractivity contribution in [2.24, 2.45) is 5.92 Å². The van der Waals surface area contributed by atoms with Crippen molar-refractivity contribution in [3.8, 4) is 0 Å². The number of benzene rings is 1. The smallest absolute Gasteiger partial charge is 0.0322 e. The highest BCUT2D eigenvalue weighted by Crippen LogP contribution is 2.32. The van der Waals surface area contributed by atoms with Crippen LogP contribution in [0, 0.1) is 5.92 Å². The first-order valence-corrected chi connectivity index (χ1v) is 9.04. The third-order valence-corrected chi connectivity index (χ3v) is 4.94. The first-order chi connectivity index (χ1) is 10.2. The molecule has 0 spiro atoms. The van der Waals surface area contributed by atoms with Crippen LogP contribution in [0.3, 0.4) is 0 Å². The van der Waals surface area contributed by atoms with Gasteiger partial charge in [0.25, 0.3) is 0 Å². The molecule has 1 aliphatic rings. The Morgan fingerprint density at radius 2 is 1.62 bits per heavy atom. The fraction of sp³-hybridized carbons (Fsp3) is 0.700. The van der Waals surface area contributed by atoms with Crippen LogP contribution in [0.25, 0.3) is 0 Å². The first kappa shape index (κ1) is 16.5. The molecule has 1 unspecified atom stereocenters. The van der Waals surface area contributed by atoms with E-state index in [4.69, 9.17) is 0 Å². The Morgan fingerprint density at radius 1 is 1.00 bits per heavy atom. The van der Waals surface area contributed by atoms with Gasteiger partial charge in [0.1, 0.15) is 0 Å². The molecule has 2 rings (SSSR count). The fourth-order valence-corrected chi connectivity index (χ4v) is 3.53. The van der Waals surface area contributed by atoms with Crippen LogP contribution in [-0.2, 0) is 0 Å². The minimum atomic E-state index is 0.550. The SMILES string of the molecule is CCCNC(CC1CCCCC1)c1ccc(C(C)C)cc1. The monoisotopic (exact) mass is 287 g/mol. The van der Waals surface area contributed by atoms with Crippen LogP contribution in [0.15, 0.2) is 24.3 Å². The normalized spacial score (nSPS) is 18.1. The van der Waals surface area contributed by atoms with Gasteiger partial charge in [0.15, 0.2) is 0 Å². The topological polar surface area (TPSA) is 12.0 Å². The summed E-state index contributed by atoms with van der Waals surface area (Å²) in [4.78, 5) is 0. The Kier molecular flexibility index (Phi) is 6.76. The van der Waals surface area contributed by atoms with Crippen molar-refractivity contribution in [3.05, 3.63) is 35.4 Å². The van der Waals surface area contributed by atoms with Gasteiger partial charge in [-0.05, 0) is 42.3 Å². The Labute approximate surface area is 131 Å². The molecule has 0 bridgehead atoms. The zero-order valence-electron chi connectivity index (χ0n) is 14.2. The summed E-state index contributed by atoms with van der Waals surface area (Å²) >= 11 is 0. The van der Waals surface area contributed by atoms with Crippen molar-refractivity contribution in [2.75, 3.05) is 6.54 Å². The van der Waals surface area contributed by atoms with Crippen molar-refractivity contribution in [1.82, 2.24) is 5.32 Å². The molecular formula is C20H33N. The lowest BCUT2D eigenvalue weighted by atomic mass is 9.83. The third kappa shape index (κ3) is 5.14. The lowest BCUT2D eigenvalue weighted by molar-refractivity contribution is 0.300. The molecule has 0 saturated heterocycles. The van der Waals surface area contributed by atoms with Crippen molar-refractivity contribution < 1.29 is 0 Å². The van der Waals surface area contributed by atoms with E-state index in [1.165, 1.54) is 56.1 Å². The average molecular weight is 287 g/mol. The lowest BCUT2D eigenvalue weighted by Gasteiger charge is -2.28. The number of hydrogen-bond acceptors (Lipinski definition) is 1. The van der Waals surface area contributed by atoms with E-state index in [9.17, 15) is 0 Å². The minimum absolute atomic E-state index is 0.550. The van der Waals surface area contributed by atoms with Crippen LogP contribution >= 0.6 is 0 Å². The molecule has 21 heavy (non-hydrogen) atoms. The summed E-state index contributed by atoms with van der Waals surface area (Å²) in [6, 6.07) is 9.90. The van der Waals surface area contributed by atoms with Gasteiger partial charge in [0.05, 0.1) is 0 Å². The van der Waals surface area contributed by atoms with Gasteiger partial charge in [-0.25, -0.2) is 0 Å². The van der Waals surface area contributed by atoms with Crippen molar-refractivity contribution >= 4 is 0 Å². The molecule has 1 aliphatic carbocycles. The Bertz CT molecular complexity index is 387. The van der Waals surface area contributed by atoms with Crippen LogP contribution in [-0.4, -0.2) is 6.54 Å². The molecule has 1 fully saturated rings. The highest BCUT2D eigenvalue weighted by atomic mass is 14.9. The number of rotatable bonds is 7. The van der Waals surface area contributed by atoms with Crippen molar-refractivity contribution in [3.63, 3.8) is 0 Å². The van der Waals surface area contributed by atoms with E-state index in [-0.39, 0.29) is 0 Å². The summed E-state index contributed by atoms with van der Waals surface area (Å²) in [7, 11) is 0. The summed E-state index contributed by atoms with van der Waals surface area (Å²) in [6.07, 6.45) is 9.75. The lowest BCUT2D eigenvalue weighted by Crippen LogP contribution is -2.25. The maximum Gasteiger partial charge on any atom is 0.0322 e. The van der Waals surface area contributed by atoms with Crippen LogP contribution in [0.2, 0.25) is 0 Å². The van der Waals surface area contributed by atoms with Gasteiger partial charge in [-0.3, -0.25) is 0 Å². The molecule has 1 N–H and O–H groups in total. The quantitative estimate of drug-likeness (QED) is 0.666. The minimum Gasteiger partial charge on any atom is -0.310 e. The van der Waals surface area contributed by atoms with Crippen LogP contribution in [0.4, 0.5) is 0 Å². The molecule has 0 aliphatic heterocycles. The zero-order chi connectivity index (χ0) is 15.1. The van der Waals surface area contributed by atoms with E-state index in [1.54, 1.807) is 0 Å². The molecule has 1 aromatic rings. The maximum atomic E-state index is 3.78. The van der Waals surface area contributed by atoms with Gasteiger partial charge in [0, 0.05) is 6.04 Å². The van der Waals surface area contributed by atoms with E-state index in [0.717, 1.165) is 12.5 Å². The summed E-state index contributed by atoms with van der Waals surface area (Å²) in [5, 5.41) is 3.78. The molecule has 1 heteroatoms. The van der Waals surface area contributed by atoms with Gasteiger partial charge in [0.2, 0.25) is 0 Å². The van der Waals surface area contributed by atoms with Gasteiger partial charge in [-0.2, -0.15) is 0 Å². The molecular weight excluding hydrogens is 254 g/mol. The zero-order valence-corrected chi connectivity index (χ0v) is 14.2. The van der Waals surface area contributed by atoms with Crippen LogP contribution in [0.1, 0.15) is 88.8 Å². The molecule has 118 valence electrons. The molecule has 0 amide bonds. The summed E-state index contributed by atoms with van der Waals surface area (Å²) < 4.78 is 0. The second kappa shape index (κ2) is 8.58. The fourth-order valence-electron chi connectivity index (χ4n) is 3.53. The van der Waals surface area contributed by atoms with E-state index in [2.05, 4.69) is 50.4 Å². The molecule has 1 atom stereocenters. The standard InChI is InChI=1S/C20H33N/c1-4-14-21-20(15-17-8-6-5-7-9-17)19-12-10-18(11-13-19)16(2)3/h10-13,16-17,20-21H,4-9,14-15H2,1-3H3. The summed E-state index contributed by atoms with van der Waals surface area (Å²) in [5.74, 6) is 1.55. The third-order valence-electron chi connectivity index (χ3n) is 4.94. The highest BCUT2D eigenvalue weighted by molar-refractivity contribution is 5.27. The molecule has 0 heterocycles. The van der Waals surface area contributed by atoms with Crippen molar-refractivity contribution in [1.29, 1.82) is 0 Å². The molecule has 0 aromatic heterocycles. The highest BCUT2D eigenvalue weighted by Gasteiger charge is 2.19. The Hall–Kier alpha value is -0.820.